The molecule has 2 rings (SSSR count). The lowest BCUT2D eigenvalue weighted by atomic mass is 10.2. The van der Waals surface area contributed by atoms with Crippen molar-refractivity contribution in [1.82, 2.24) is 9.97 Å². The highest BCUT2D eigenvalue weighted by Crippen LogP contribution is 2.13. The minimum atomic E-state index is 0.462. The zero-order valence-electron chi connectivity index (χ0n) is 9.64. The van der Waals surface area contributed by atoms with Crippen molar-refractivity contribution >= 4 is 44.9 Å². The summed E-state index contributed by atoms with van der Waals surface area (Å²) in [4.78, 5) is 8.17. The zero-order chi connectivity index (χ0) is 13.0. The number of aromatic nitrogens is 2. The molecular formula is C12H11BrN4S. The van der Waals surface area contributed by atoms with Gasteiger partial charge in [-0.3, -0.25) is 0 Å². The van der Waals surface area contributed by atoms with Gasteiger partial charge in [0, 0.05) is 18.1 Å². The van der Waals surface area contributed by atoms with Gasteiger partial charge in [-0.1, -0.05) is 18.2 Å². The third kappa shape index (κ3) is 3.48. The molecule has 0 aliphatic heterocycles. The summed E-state index contributed by atoms with van der Waals surface area (Å²) in [7, 11) is 0. The molecule has 2 aromatic rings. The number of nitrogens with one attached hydrogen (secondary N) is 2. The molecule has 0 saturated heterocycles. The van der Waals surface area contributed by atoms with E-state index in [-0.39, 0.29) is 0 Å². The molecule has 0 atom stereocenters. The summed E-state index contributed by atoms with van der Waals surface area (Å²) in [5.41, 5.74) is 2.09. The van der Waals surface area contributed by atoms with Gasteiger partial charge in [0.2, 0.25) is 5.95 Å². The van der Waals surface area contributed by atoms with Crippen LogP contribution in [0.15, 0.2) is 41.1 Å². The average Bonchev–Trinajstić information content (AvgIpc) is 2.35. The van der Waals surface area contributed by atoms with Crippen molar-refractivity contribution in [2.45, 2.75) is 6.92 Å². The maximum atomic E-state index is 5.20. The molecule has 0 spiro atoms. The van der Waals surface area contributed by atoms with Crippen LogP contribution >= 0.6 is 28.1 Å². The van der Waals surface area contributed by atoms with Crippen LogP contribution in [0.5, 0.6) is 0 Å². The average molecular weight is 323 g/mol. The standard InChI is InChI=1S/C12H11BrN4S/c1-8-4-2-3-5-10(8)16-12(18)17-11-14-6-9(13)7-15-11/h2-7H,1H3,(H2,14,15,16,17,18). The molecule has 0 saturated carbocycles. The van der Waals surface area contributed by atoms with E-state index in [1.165, 1.54) is 0 Å². The number of aryl methyl sites for hydroxylation is 1. The molecule has 6 heteroatoms. The van der Waals surface area contributed by atoms with Crippen LogP contribution in [0.3, 0.4) is 0 Å². The van der Waals surface area contributed by atoms with Gasteiger partial charge < -0.3 is 10.6 Å². The number of hydrogen-bond acceptors (Lipinski definition) is 3. The van der Waals surface area contributed by atoms with Crippen molar-refractivity contribution in [2.24, 2.45) is 0 Å². The van der Waals surface area contributed by atoms with Gasteiger partial charge in [0.05, 0.1) is 4.47 Å². The normalized spacial score (nSPS) is 9.89. The van der Waals surface area contributed by atoms with Gasteiger partial charge in [-0.2, -0.15) is 0 Å². The Morgan fingerprint density at radius 2 is 1.83 bits per heavy atom. The number of anilines is 2. The summed E-state index contributed by atoms with van der Waals surface area (Å²) in [6, 6.07) is 7.91. The first kappa shape index (κ1) is 12.9. The SMILES string of the molecule is Cc1ccccc1NC(=S)Nc1ncc(Br)cn1. The fraction of sp³-hybridized carbons (Fsp3) is 0.0833. The van der Waals surface area contributed by atoms with Crippen LogP contribution in [0.2, 0.25) is 0 Å². The van der Waals surface area contributed by atoms with E-state index < -0.39 is 0 Å². The summed E-state index contributed by atoms with van der Waals surface area (Å²) in [6.45, 7) is 2.01. The highest BCUT2D eigenvalue weighted by Gasteiger charge is 2.02. The Balaban J connectivity index is 2.01. The molecule has 0 bridgehead atoms. The van der Waals surface area contributed by atoms with Gasteiger partial charge in [0.1, 0.15) is 0 Å². The van der Waals surface area contributed by atoms with Crippen molar-refractivity contribution in [3.8, 4) is 0 Å². The van der Waals surface area contributed by atoms with E-state index >= 15 is 0 Å². The molecule has 1 aromatic carbocycles. The molecule has 4 nitrogen and oxygen atoms in total. The molecule has 0 amide bonds. The number of thiocarbonyl (C=S) groups is 1. The smallest absolute Gasteiger partial charge is 0.228 e. The van der Waals surface area contributed by atoms with Crippen molar-refractivity contribution in [1.29, 1.82) is 0 Å². The van der Waals surface area contributed by atoms with Crippen LogP contribution in [0.1, 0.15) is 5.56 Å². The highest BCUT2D eigenvalue weighted by atomic mass is 79.9. The minimum absolute atomic E-state index is 0.462. The molecular weight excluding hydrogens is 312 g/mol. The molecule has 92 valence electrons. The predicted octanol–water partition coefficient (Wildman–Crippen LogP) is 3.36. The van der Waals surface area contributed by atoms with E-state index in [1.54, 1.807) is 12.4 Å². The topological polar surface area (TPSA) is 49.8 Å². The molecule has 0 radical (unpaired) electrons. The van der Waals surface area contributed by atoms with E-state index in [4.69, 9.17) is 12.2 Å². The zero-order valence-corrected chi connectivity index (χ0v) is 12.0. The van der Waals surface area contributed by atoms with Crippen molar-refractivity contribution in [3.63, 3.8) is 0 Å². The Morgan fingerprint density at radius 3 is 2.50 bits per heavy atom. The summed E-state index contributed by atoms with van der Waals surface area (Å²) in [5.74, 6) is 0.462. The van der Waals surface area contributed by atoms with Crippen LogP contribution < -0.4 is 10.6 Å². The molecule has 0 fully saturated rings. The maximum absolute atomic E-state index is 5.20. The van der Waals surface area contributed by atoms with Gasteiger partial charge in [-0.15, -0.1) is 0 Å². The number of halogens is 1. The number of nitrogens with zero attached hydrogens (tertiary/aromatic N) is 2. The van der Waals surface area contributed by atoms with Crippen LogP contribution in [0.4, 0.5) is 11.6 Å². The van der Waals surface area contributed by atoms with E-state index in [0.29, 0.717) is 11.1 Å². The van der Waals surface area contributed by atoms with E-state index in [0.717, 1.165) is 15.7 Å². The number of rotatable bonds is 2. The molecule has 18 heavy (non-hydrogen) atoms. The second-order valence-corrected chi connectivity index (χ2v) is 4.94. The maximum Gasteiger partial charge on any atom is 0.228 e. The minimum Gasteiger partial charge on any atom is -0.332 e. The molecule has 0 aliphatic rings. The van der Waals surface area contributed by atoms with Crippen LogP contribution in [0, 0.1) is 6.92 Å². The molecule has 1 heterocycles. The van der Waals surface area contributed by atoms with Crippen LogP contribution in [-0.2, 0) is 0 Å². The molecule has 1 aromatic heterocycles. The number of benzene rings is 1. The third-order valence-corrected chi connectivity index (χ3v) is 2.85. The fourth-order valence-corrected chi connectivity index (χ4v) is 1.75. The Bertz CT molecular complexity index is 556. The van der Waals surface area contributed by atoms with Gasteiger partial charge in [0.25, 0.3) is 0 Å². The molecule has 0 unspecified atom stereocenters. The van der Waals surface area contributed by atoms with E-state index in [2.05, 4.69) is 36.5 Å². The van der Waals surface area contributed by atoms with E-state index in [1.807, 2.05) is 31.2 Å². The Hall–Kier alpha value is -1.53. The summed E-state index contributed by atoms with van der Waals surface area (Å²) in [6.07, 6.45) is 3.32. The molecule has 2 N–H and O–H groups in total. The first-order valence-corrected chi connectivity index (χ1v) is 6.46. The van der Waals surface area contributed by atoms with Crippen molar-refractivity contribution in [2.75, 3.05) is 10.6 Å². The first-order valence-electron chi connectivity index (χ1n) is 5.26. The fourth-order valence-electron chi connectivity index (χ4n) is 1.35. The Kier molecular flexibility index (Phi) is 4.22. The quantitative estimate of drug-likeness (QED) is 0.830. The van der Waals surface area contributed by atoms with Gasteiger partial charge in [-0.25, -0.2) is 9.97 Å². The van der Waals surface area contributed by atoms with Gasteiger partial charge in [-0.05, 0) is 46.7 Å². The van der Waals surface area contributed by atoms with Crippen molar-refractivity contribution in [3.05, 3.63) is 46.7 Å². The number of para-hydroxylation sites is 1. The lowest BCUT2D eigenvalue weighted by molar-refractivity contribution is 1.16. The largest absolute Gasteiger partial charge is 0.332 e. The summed E-state index contributed by atoms with van der Waals surface area (Å²) in [5, 5.41) is 6.49. The van der Waals surface area contributed by atoms with E-state index in [9.17, 15) is 0 Å². The van der Waals surface area contributed by atoms with Gasteiger partial charge >= 0.3 is 0 Å². The van der Waals surface area contributed by atoms with Crippen LogP contribution in [-0.4, -0.2) is 15.1 Å². The number of hydrogen-bond donors (Lipinski definition) is 2. The monoisotopic (exact) mass is 322 g/mol. The lowest BCUT2D eigenvalue weighted by Crippen LogP contribution is -2.20. The third-order valence-electron chi connectivity index (χ3n) is 2.24. The first-order chi connectivity index (χ1) is 8.65. The molecule has 0 aliphatic carbocycles. The lowest BCUT2D eigenvalue weighted by Gasteiger charge is -2.11. The van der Waals surface area contributed by atoms with Crippen molar-refractivity contribution < 1.29 is 0 Å². The predicted molar refractivity (Wildman–Crippen MR) is 80.8 cm³/mol. The second-order valence-electron chi connectivity index (χ2n) is 3.62. The Morgan fingerprint density at radius 1 is 1.17 bits per heavy atom. The Labute approximate surface area is 119 Å². The van der Waals surface area contributed by atoms with Crippen LogP contribution in [0.25, 0.3) is 0 Å². The van der Waals surface area contributed by atoms with Gasteiger partial charge in [0.15, 0.2) is 5.11 Å². The second kappa shape index (κ2) is 5.88. The highest BCUT2D eigenvalue weighted by molar-refractivity contribution is 9.10. The summed E-state index contributed by atoms with van der Waals surface area (Å²) < 4.78 is 0.825. The summed E-state index contributed by atoms with van der Waals surface area (Å²) >= 11 is 8.47.